The molecule has 1 spiro atoms. The number of carbonyl (C=O) groups excluding carboxylic acids is 3. The number of likely N-dealkylation sites (tertiary alicyclic amines) is 1. The molecule has 0 aromatic heterocycles. The van der Waals surface area contributed by atoms with Gasteiger partial charge < -0.3 is 15.0 Å². The number of rotatable bonds is 4. The third-order valence-corrected chi connectivity index (χ3v) is 5.85. The molecule has 1 N–H and O–H groups in total. The Morgan fingerprint density at radius 1 is 1.19 bits per heavy atom. The second-order valence-corrected chi connectivity index (χ2v) is 7.53. The normalized spacial score (nSPS) is 24.5. The quantitative estimate of drug-likeness (QED) is 0.810. The third kappa shape index (κ3) is 3.43. The zero-order valence-electron chi connectivity index (χ0n) is 15.4. The van der Waals surface area contributed by atoms with Crippen LogP contribution in [0.3, 0.4) is 0 Å². The molecule has 3 aliphatic rings. The molecule has 1 aromatic rings. The summed E-state index contributed by atoms with van der Waals surface area (Å²) in [6.07, 6.45) is 2.90. The van der Waals surface area contributed by atoms with Crippen LogP contribution in [0.2, 0.25) is 0 Å². The Morgan fingerprint density at radius 3 is 2.59 bits per heavy atom. The molecule has 7 heteroatoms. The van der Waals surface area contributed by atoms with Crippen LogP contribution in [0.5, 0.6) is 0 Å². The summed E-state index contributed by atoms with van der Waals surface area (Å²) in [4.78, 5) is 40.9. The highest BCUT2D eigenvalue weighted by molar-refractivity contribution is 6.07. The van der Waals surface area contributed by atoms with Crippen molar-refractivity contribution < 1.29 is 19.1 Å². The smallest absolute Gasteiger partial charge is 0.325 e. The number of hydrogen-bond acceptors (Lipinski definition) is 4. The number of imide groups is 1. The maximum atomic E-state index is 13.0. The summed E-state index contributed by atoms with van der Waals surface area (Å²) in [7, 11) is 0. The largest absolute Gasteiger partial charge is 0.368 e. The number of amides is 4. The summed E-state index contributed by atoms with van der Waals surface area (Å²) in [5, 5.41) is 2.90. The van der Waals surface area contributed by atoms with Gasteiger partial charge in [-0.3, -0.25) is 14.5 Å². The van der Waals surface area contributed by atoms with Crippen LogP contribution in [0, 0.1) is 0 Å². The van der Waals surface area contributed by atoms with Gasteiger partial charge in [-0.2, -0.15) is 0 Å². The van der Waals surface area contributed by atoms with E-state index in [9.17, 15) is 14.4 Å². The van der Waals surface area contributed by atoms with E-state index in [1.165, 1.54) is 4.90 Å². The summed E-state index contributed by atoms with van der Waals surface area (Å²) in [6, 6.07) is 9.49. The first-order valence-electron chi connectivity index (χ1n) is 9.67. The van der Waals surface area contributed by atoms with Gasteiger partial charge in [-0.15, -0.1) is 0 Å². The fourth-order valence-electron chi connectivity index (χ4n) is 4.19. The van der Waals surface area contributed by atoms with Crippen LogP contribution in [0.25, 0.3) is 0 Å². The number of carbonyl (C=O) groups is 3. The van der Waals surface area contributed by atoms with E-state index in [0.29, 0.717) is 45.5 Å². The summed E-state index contributed by atoms with van der Waals surface area (Å²) >= 11 is 0. The number of hydrogen-bond donors (Lipinski definition) is 1. The minimum absolute atomic E-state index is 0.0139. The Bertz CT molecular complexity index is 722. The van der Waals surface area contributed by atoms with E-state index < -0.39 is 5.54 Å². The number of ether oxygens (including phenoxy) is 1. The first-order valence-corrected chi connectivity index (χ1v) is 9.67. The molecule has 0 bridgehead atoms. The summed E-state index contributed by atoms with van der Waals surface area (Å²) in [5.41, 5.74) is 0.234. The number of nitrogens with zero attached hydrogens (tertiary/aromatic N) is 2. The van der Waals surface area contributed by atoms with Gasteiger partial charge in [-0.05, 0) is 37.7 Å². The van der Waals surface area contributed by atoms with Crippen LogP contribution >= 0.6 is 0 Å². The number of urea groups is 1. The van der Waals surface area contributed by atoms with Gasteiger partial charge in [0, 0.05) is 26.2 Å². The molecule has 3 saturated heterocycles. The van der Waals surface area contributed by atoms with Crippen molar-refractivity contribution in [2.45, 2.75) is 43.7 Å². The van der Waals surface area contributed by atoms with Gasteiger partial charge in [-0.25, -0.2) is 4.79 Å². The van der Waals surface area contributed by atoms with Crippen molar-refractivity contribution in [1.82, 2.24) is 15.1 Å². The minimum Gasteiger partial charge on any atom is -0.368 e. The molecule has 1 atom stereocenters. The first kappa shape index (κ1) is 18.0. The Hall–Kier alpha value is -2.41. The first-order chi connectivity index (χ1) is 13.1. The van der Waals surface area contributed by atoms with Gasteiger partial charge >= 0.3 is 6.03 Å². The Labute approximate surface area is 158 Å². The SMILES string of the molecule is O=C([C@@H]1CCCO1)N1CCC2(CC1)NC(=O)N(CCc1ccccc1)C2=O. The van der Waals surface area contributed by atoms with Gasteiger partial charge in [-0.1, -0.05) is 30.3 Å². The van der Waals surface area contributed by atoms with Crippen molar-refractivity contribution in [2.75, 3.05) is 26.2 Å². The molecule has 3 aliphatic heterocycles. The van der Waals surface area contributed by atoms with E-state index in [0.717, 1.165) is 18.4 Å². The molecule has 4 rings (SSSR count). The predicted molar refractivity (Wildman–Crippen MR) is 97.9 cm³/mol. The second kappa shape index (κ2) is 7.31. The van der Waals surface area contributed by atoms with Gasteiger partial charge in [0.1, 0.15) is 11.6 Å². The van der Waals surface area contributed by atoms with Crippen molar-refractivity contribution in [2.24, 2.45) is 0 Å². The van der Waals surface area contributed by atoms with Crippen molar-refractivity contribution in [3.63, 3.8) is 0 Å². The topological polar surface area (TPSA) is 79.0 Å². The van der Waals surface area contributed by atoms with Gasteiger partial charge in [0.2, 0.25) is 0 Å². The van der Waals surface area contributed by atoms with E-state index in [-0.39, 0.29) is 23.9 Å². The third-order valence-electron chi connectivity index (χ3n) is 5.85. The highest BCUT2D eigenvalue weighted by Crippen LogP contribution is 2.30. The van der Waals surface area contributed by atoms with Crippen LogP contribution in [0.4, 0.5) is 4.79 Å². The molecule has 3 fully saturated rings. The van der Waals surface area contributed by atoms with E-state index >= 15 is 0 Å². The molecule has 0 radical (unpaired) electrons. The highest BCUT2D eigenvalue weighted by atomic mass is 16.5. The van der Waals surface area contributed by atoms with E-state index in [1.54, 1.807) is 4.90 Å². The molecule has 4 amide bonds. The lowest BCUT2D eigenvalue weighted by Gasteiger charge is -2.38. The summed E-state index contributed by atoms with van der Waals surface area (Å²) < 4.78 is 5.48. The lowest BCUT2D eigenvalue weighted by molar-refractivity contribution is -0.145. The van der Waals surface area contributed by atoms with Crippen molar-refractivity contribution in [3.8, 4) is 0 Å². The molecule has 1 aromatic carbocycles. The zero-order valence-corrected chi connectivity index (χ0v) is 15.4. The number of benzene rings is 1. The van der Waals surface area contributed by atoms with Gasteiger partial charge in [0.15, 0.2) is 0 Å². The Kier molecular flexibility index (Phi) is 4.86. The Balaban J connectivity index is 1.36. The lowest BCUT2D eigenvalue weighted by atomic mass is 9.87. The van der Waals surface area contributed by atoms with Gasteiger partial charge in [0.05, 0.1) is 0 Å². The van der Waals surface area contributed by atoms with Crippen molar-refractivity contribution in [3.05, 3.63) is 35.9 Å². The Morgan fingerprint density at radius 2 is 1.93 bits per heavy atom. The zero-order chi connectivity index (χ0) is 18.9. The molecule has 7 nitrogen and oxygen atoms in total. The fraction of sp³-hybridized carbons (Fsp3) is 0.550. The highest BCUT2D eigenvalue weighted by Gasteiger charge is 2.52. The number of piperidine rings is 1. The number of nitrogens with one attached hydrogen (secondary N) is 1. The van der Waals surface area contributed by atoms with Crippen LogP contribution < -0.4 is 5.32 Å². The molecule has 144 valence electrons. The average molecular weight is 371 g/mol. The van der Waals surface area contributed by atoms with Crippen molar-refractivity contribution >= 4 is 17.8 Å². The lowest BCUT2D eigenvalue weighted by Crippen LogP contribution is -2.57. The average Bonchev–Trinajstić information content (AvgIpc) is 3.30. The summed E-state index contributed by atoms with van der Waals surface area (Å²) in [5.74, 6) is -0.146. The molecule has 0 unspecified atom stereocenters. The molecule has 3 heterocycles. The van der Waals surface area contributed by atoms with Gasteiger partial charge in [0.25, 0.3) is 11.8 Å². The van der Waals surface area contributed by atoms with E-state index in [4.69, 9.17) is 4.74 Å². The molecule has 0 saturated carbocycles. The molecular formula is C20H25N3O4. The standard InChI is InChI=1S/C20H25N3O4/c24-17(16-7-4-14-27-16)22-12-9-20(10-13-22)18(25)23(19(26)21-20)11-8-15-5-2-1-3-6-15/h1-3,5-6,16H,4,7-14H2,(H,21,26)/t16-/m0/s1. The maximum absolute atomic E-state index is 13.0. The summed E-state index contributed by atoms with van der Waals surface area (Å²) in [6.45, 7) is 1.95. The van der Waals surface area contributed by atoms with Crippen LogP contribution in [-0.4, -0.2) is 65.5 Å². The van der Waals surface area contributed by atoms with Crippen LogP contribution in [-0.2, 0) is 20.7 Å². The predicted octanol–water partition coefficient (Wildman–Crippen LogP) is 1.32. The molecule has 27 heavy (non-hydrogen) atoms. The van der Waals surface area contributed by atoms with E-state index in [2.05, 4.69) is 5.32 Å². The second-order valence-electron chi connectivity index (χ2n) is 7.53. The maximum Gasteiger partial charge on any atom is 0.325 e. The minimum atomic E-state index is -0.860. The van der Waals surface area contributed by atoms with Crippen LogP contribution in [0.15, 0.2) is 30.3 Å². The fourth-order valence-corrected chi connectivity index (χ4v) is 4.19. The molecular weight excluding hydrogens is 346 g/mol. The monoisotopic (exact) mass is 371 g/mol. The van der Waals surface area contributed by atoms with Crippen molar-refractivity contribution in [1.29, 1.82) is 0 Å². The van der Waals surface area contributed by atoms with Crippen LogP contribution in [0.1, 0.15) is 31.2 Å². The van der Waals surface area contributed by atoms with E-state index in [1.807, 2.05) is 30.3 Å². The molecule has 0 aliphatic carbocycles.